The van der Waals surface area contributed by atoms with E-state index in [4.69, 9.17) is 9.59 Å². The van der Waals surface area contributed by atoms with Crippen LogP contribution in [0.15, 0.2) is 0 Å². The van der Waals surface area contributed by atoms with E-state index in [9.17, 15) is 0 Å². The van der Waals surface area contributed by atoms with E-state index in [0.717, 1.165) is 0 Å². The van der Waals surface area contributed by atoms with E-state index < -0.39 is 0 Å². The highest BCUT2D eigenvalue weighted by Crippen LogP contribution is 1.80. The van der Waals surface area contributed by atoms with Gasteiger partial charge in [0.05, 0.1) is 12.3 Å². The molecule has 0 aliphatic carbocycles. The van der Waals surface area contributed by atoms with E-state index in [0.29, 0.717) is 0 Å². The second kappa shape index (κ2) is 19.7. The monoisotopic (exact) mass is 235 g/mol. The Labute approximate surface area is 97.5 Å². The molecule has 0 rings (SSSR count). The minimum absolute atomic E-state index is 0.194. The van der Waals surface area contributed by atoms with Gasteiger partial charge in [-0.2, -0.15) is 0 Å². The lowest BCUT2D eigenvalue weighted by molar-refractivity contribution is -0.122. The summed E-state index contributed by atoms with van der Waals surface area (Å²) in [7, 11) is 9.18. The molecule has 7 heteroatoms. The molecule has 0 bridgehead atoms. The zero-order chi connectivity index (χ0) is 13.4. The van der Waals surface area contributed by atoms with Crippen LogP contribution < -0.4 is 27.0 Å². The first-order valence-electron chi connectivity index (χ1n) is 4.87. The number of nitrogens with two attached hydrogens (primary N) is 1. The fourth-order valence-corrected chi connectivity index (χ4v) is 0.955. The molecule has 7 nitrogen and oxygen atoms in total. The van der Waals surface area contributed by atoms with Gasteiger partial charge in [-0.1, -0.05) is 0 Å². The van der Waals surface area contributed by atoms with Gasteiger partial charge in [-0.25, -0.2) is 0 Å². The summed E-state index contributed by atoms with van der Waals surface area (Å²) in [4.78, 5) is 17.6. The van der Waals surface area contributed by atoms with Crippen molar-refractivity contribution in [2.75, 3.05) is 35.2 Å². The maximum atomic E-state index is 8.81. The molecule has 16 heavy (non-hydrogen) atoms. The van der Waals surface area contributed by atoms with E-state index in [2.05, 4.69) is 27.0 Å². The highest BCUT2D eigenvalue weighted by Gasteiger charge is 2.12. The molecule has 0 saturated carbocycles. The largest absolute Gasteiger partial charge is 0.333 e. The Balaban J connectivity index is -0.000000237. The second-order valence-corrected chi connectivity index (χ2v) is 2.38. The van der Waals surface area contributed by atoms with E-state index in [1.54, 1.807) is 0 Å². The van der Waals surface area contributed by atoms with Crippen LogP contribution >= 0.6 is 0 Å². The Morgan fingerprint density at radius 1 is 0.750 bits per heavy atom. The third kappa shape index (κ3) is 13.1. The van der Waals surface area contributed by atoms with Crippen molar-refractivity contribution in [3.63, 3.8) is 0 Å². The number of aldehydes is 2. The first-order valence-corrected chi connectivity index (χ1v) is 4.87. The smallest absolute Gasteiger partial charge is 0.182 e. The highest BCUT2D eigenvalue weighted by molar-refractivity contribution is 6.09. The van der Waals surface area contributed by atoms with Gasteiger partial charge in [0, 0.05) is 0 Å². The lowest BCUT2D eigenvalue weighted by Gasteiger charge is -2.25. The van der Waals surface area contributed by atoms with Crippen LogP contribution in [0.4, 0.5) is 0 Å². The molecule has 0 atom stereocenters. The van der Waals surface area contributed by atoms with E-state index in [-0.39, 0.29) is 24.9 Å². The summed E-state index contributed by atoms with van der Waals surface area (Å²) in [5.74, 6) is 0. The SMILES string of the molecule is CN.CNC(NC)C(NC)NC.O=CC=O. The number of hydrogen-bond acceptors (Lipinski definition) is 7. The Morgan fingerprint density at radius 2 is 0.938 bits per heavy atom. The summed E-state index contributed by atoms with van der Waals surface area (Å²) in [5.41, 5.74) is 4.50. The molecule has 0 heterocycles. The molecule has 0 saturated heterocycles. The molecule has 0 amide bonds. The zero-order valence-corrected chi connectivity index (χ0v) is 10.7. The van der Waals surface area contributed by atoms with Gasteiger partial charge >= 0.3 is 0 Å². The van der Waals surface area contributed by atoms with Gasteiger partial charge < -0.3 is 27.0 Å². The first kappa shape index (κ1) is 20.5. The molecule has 98 valence electrons. The van der Waals surface area contributed by atoms with Crippen molar-refractivity contribution in [2.24, 2.45) is 5.73 Å². The van der Waals surface area contributed by atoms with Gasteiger partial charge in [-0.3, -0.25) is 9.59 Å². The van der Waals surface area contributed by atoms with Gasteiger partial charge in [0.25, 0.3) is 0 Å². The molecule has 6 N–H and O–H groups in total. The lowest BCUT2D eigenvalue weighted by Crippen LogP contribution is -2.58. The molecule has 0 unspecified atom stereocenters. The van der Waals surface area contributed by atoms with Crippen LogP contribution in [0.25, 0.3) is 0 Å². The molecule has 0 aromatic carbocycles. The van der Waals surface area contributed by atoms with Crippen molar-refractivity contribution in [3.8, 4) is 0 Å². The lowest BCUT2D eigenvalue weighted by atomic mass is 10.4. The number of carbonyl (C=O) groups is 2. The fourth-order valence-electron chi connectivity index (χ4n) is 0.955. The second-order valence-electron chi connectivity index (χ2n) is 2.38. The topological polar surface area (TPSA) is 108 Å². The molecule has 0 aliphatic rings. The first-order chi connectivity index (χ1) is 7.71. The van der Waals surface area contributed by atoms with Gasteiger partial charge in [0.2, 0.25) is 0 Å². The van der Waals surface area contributed by atoms with Crippen molar-refractivity contribution < 1.29 is 9.59 Å². The van der Waals surface area contributed by atoms with Gasteiger partial charge in [0.15, 0.2) is 12.6 Å². The quantitative estimate of drug-likeness (QED) is 0.196. The number of nitrogens with one attached hydrogen (secondary N) is 4. The Morgan fingerprint density at radius 3 is 1.00 bits per heavy atom. The standard InChI is InChI=1S/C6H18N4.C2H2O2.CH5N/c1-7-5(8-2)6(9-3)10-4;3-1-2-4;1-2/h5-10H,1-4H3;1-2H;2H2,1H3. The number of likely N-dealkylation sites (N-methyl/N-ethyl adjacent to an activating group) is 4. The summed E-state index contributed by atoms with van der Waals surface area (Å²) in [6, 6.07) is 0. The van der Waals surface area contributed by atoms with Crippen molar-refractivity contribution in [1.82, 2.24) is 21.3 Å². The van der Waals surface area contributed by atoms with Gasteiger partial charge in [0.1, 0.15) is 0 Å². The Kier molecular flexibility index (Phi) is 25.3. The molecular weight excluding hydrogens is 210 g/mol. The molecule has 0 radical (unpaired) electrons. The summed E-state index contributed by atoms with van der Waals surface area (Å²) in [5, 5.41) is 12.5. The van der Waals surface area contributed by atoms with E-state index in [1.165, 1.54) is 7.05 Å². The predicted molar refractivity (Wildman–Crippen MR) is 66.1 cm³/mol. The fraction of sp³-hybridized carbons (Fsp3) is 0.778. The summed E-state index contributed by atoms with van der Waals surface area (Å²) in [6.07, 6.45) is 0.907. The van der Waals surface area contributed by atoms with Crippen molar-refractivity contribution in [1.29, 1.82) is 0 Å². The average Bonchev–Trinajstić information content (AvgIpc) is 2.38. The van der Waals surface area contributed by atoms with Crippen LogP contribution in [0, 0.1) is 0 Å². The normalized spacial score (nSPS) is 8.75. The third-order valence-corrected chi connectivity index (χ3v) is 1.63. The van der Waals surface area contributed by atoms with Gasteiger partial charge in [-0.15, -0.1) is 0 Å². The average molecular weight is 235 g/mol. The summed E-state index contributed by atoms with van der Waals surface area (Å²) < 4.78 is 0. The molecule has 0 aromatic rings. The number of carbonyl (C=O) groups excluding carboxylic acids is 2. The molecule has 0 spiro atoms. The Bertz CT molecular complexity index is 122. The number of rotatable bonds is 6. The minimum atomic E-state index is 0.194. The summed E-state index contributed by atoms with van der Waals surface area (Å²) in [6.45, 7) is 0. The maximum absolute atomic E-state index is 8.81. The van der Waals surface area contributed by atoms with Crippen LogP contribution in [0.5, 0.6) is 0 Å². The Hall–Kier alpha value is -0.860. The van der Waals surface area contributed by atoms with Crippen LogP contribution in [0.2, 0.25) is 0 Å². The molecule has 0 aliphatic heterocycles. The summed E-state index contributed by atoms with van der Waals surface area (Å²) >= 11 is 0. The van der Waals surface area contributed by atoms with Crippen molar-refractivity contribution >= 4 is 12.6 Å². The number of hydrogen-bond donors (Lipinski definition) is 5. The predicted octanol–water partition coefficient (Wildman–Crippen LogP) is -2.52. The molecule has 0 fully saturated rings. The van der Waals surface area contributed by atoms with Gasteiger partial charge in [-0.05, 0) is 35.2 Å². The maximum Gasteiger partial charge on any atom is 0.182 e. The molecule has 0 aromatic heterocycles. The van der Waals surface area contributed by atoms with Crippen LogP contribution in [-0.4, -0.2) is 60.1 Å². The van der Waals surface area contributed by atoms with Crippen LogP contribution in [-0.2, 0) is 9.59 Å². The third-order valence-electron chi connectivity index (χ3n) is 1.63. The highest BCUT2D eigenvalue weighted by atomic mass is 16.2. The minimum Gasteiger partial charge on any atom is -0.333 e. The van der Waals surface area contributed by atoms with E-state index >= 15 is 0 Å². The van der Waals surface area contributed by atoms with Crippen LogP contribution in [0.3, 0.4) is 0 Å². The van der Waals surface area contributed by atoms with E-state index in [1.807, 2.05) is 28.2 Å². The zero-order valence-electron chi connectivity index (χ0n) is 10.7. The van der Waals surface area contributed by atoms with Crippen molar-refractivity contribution in [2.45, 2.75) is 12.3 Å². The van der Waals surface area contributed by atoms with Crippen molar-refractivity contribution in [3.05, 3.63) is 0 Å². The van der Waals surface area contributed by atoms with Crippen LogP contribution in [0.1, 0.15) is 0 Å². The molecular formula is C9H25N5O2.